The van der Waals surface area contributed by atoms with Gasteiger partial charge in [-0.2, -0.15) is 0 Å². The number of thioether (sulfide) groups is 1. The monoisotopic (exact) mass is 293 g/mol. The molecule has 20 heavy (non-hydrogen) atoms. The van der Waals surface area contributed by atoms with Gasteiger partial charge in [0, 0.05) is 15.8 Å². The lowest BCUT2D eigenvalue weighted by Gasteiger charge is -2.16. The fourth-order valence-electron chi connectivity index (χ4n) is 2.50. The number of benzene rings is 1. The Hall–Kier alpha value is -1.16. The second kappa shape index (κ2) is 7.58. The van der Waals surface area contributed by atoms with E-state index in [1.54, 1.807) is 0 Å². The molecule has 0 aliphatic heterocycles. The minimum absolute atomic E-state index is 0.211. The summed E-state index contributed by atoms with van der Waals surface area (Å²) in [5, 5.41) is 4.00. The van der Waals surface area contributed by atoms with Gasteiger partial charge in [-0.05, 0) is 43.5 Å². The second-order valence-electron chi connectivity index (χ2n) is 5.18. The maximum atomic E-state index is 11.6. The van der Waals surface area contributed by atoms with Crippen molar-refractivity contribution in [2.45, 2.75) is 55.2 Å². The van der Waals surface area contributed by atoms with Crippen molar-refractivity contribution in [3.63, 3.8) is 0 Å². The van der Waals surface area contributed by atoms with Gasteiger partial charge in [0.25, 0.3) is 0 Å². The first kappa shape index (κ1) is 15.2. The van der Waals surface area contributed by atoms with E-state index in [2.05, 4.69) is 17.4 Å². The molecule has 0 saturated heterocycles. The average molecular weight is 293 g/mol. The predicted octanol–water partition coefficient (Wildman–Crippen LogP) is 4.08. The first-order valence-corrected chi connectivity index (χ1v) is 8.22. The van der Waals surface area contributed by atoms with Crippen LogP contribution in [0, 0.1) is 0 Å². The molecule has 1 N–H and O–H groups in total. The van der Waals surface area contributed by atoms with E-state index in [4.69, 9.17) is 4.74 Å². The summed E-state index contributed by atoms with van der Waals surface area (Å²) in [6.07, 6.45) is 6.13. The Morgan fingerprint density at radius 1 is 1.35 bits per heavy atom. The summed E-state index contributed by atoms with van der Waals surface area (Å²) in [6.45, 7) is 1.97. The van der Waals surface area contributed by atoms with E-state index in [1.165, 1.54) is 37.7 Å². The minimum atomic E-state index is -0.270. The normalized spacial score (nSPS) is 16.9. The van der Waals surface area contributed by atoms with E-state index in [-0.39, 0.29) is 12.0 Å². The number of hydrogen-bond donors (Lipinski definition) is 1. The van der Waals surface area contributed by atoms with E-state index in [0.717, 1.165) is 10.9 Å². The van der Waals surface area contributed by atoms with E-state index < -0.39 is 0 Å². The third-order valence-electron chi connectivity index (χ3n) is 3.69. The summed E-state index contributed by atoms with van der Waals surface area (Å²) in [5.74, 6) is -0.211. The molecule has 1 aliphatic rings. The molecule has 1 unspecified atom stereocenters. The Bertz CT molecular complexity index is 427. The van der Waals surface area contributed by atoms with Crippen molar-refractivity contribution in [3.8, 4) is 0 Å². The quantitative estimate of drug-likeness (QED) is 0.802. The van der Waals surface area contributed by atoms with Crippen molar-refractivity contribution in [1.82, 2.24) is 0 Å². The van der Waals surface area contributed by atoms with Crippen LogP contribution in [0.25, 0.3) is 0 Å². The first-order valence-electron chi connectivity index (χ1n) is 7.34. The molecule has 1 saturated carbocycles. The fraction of sp³-hybridized carbons (Fsp3) is 0.562. The van der Waals surface area contributed by atoms with Crippen LogP contribution in [0.1, 0.15) is 39.0 Å². The highest BCUT2D eigenvalue weighted by Crippen LogP contribution is 2.34. The molecule has 0 radical (unpaired) electrons. The summed E-state index contributed by atoms with van der Waals surface area (Å²) < 4.78 is 4.78. The lowest BCUT2D eigenvalue weighted by atomic mass is 10.2. The molecule has 1 aliphatic carbocycles. The van der Waals surface area contributed by atoms with Gasteiger partial charge in [0.15, 0.2) is 0 Å². The van der Waals surface area contributed by atoms with Crippen LogP contribution in [-0.2, 0) is 9.53 Å². The van der Waals surface area contributed by atoms with Crippen molar-refractivity contribution in [2.24, 2.45) is 0 Å². The summed E-state index contributed by atoms with van der Waals surface area (Å²) in [7, 11) is 1.42. The van der Waals surface area contributed by atoms with Crippen LogP contribution in [0.4, 0.5) is 5.69 Å². The van der Waals surface area contributed by atoms with Gasteiger partial charge < -0.3 is 10.1 Å². The summed E-state index contributed by atoms with van der Waals surface area (Å²) in [5.41, 5.74) is 0.970. The van der Waals surface area contributed by atoms with Gasteiger partial charge in [-0.15, -0.1) is 11.8 Å². The van der Waals surface area contributed by atoms with Crippen molar-refractivity contribution >= 4 is 23.4 Å². The van der Waals surface area contributed by atoms with Crippen LogP contribution in [0.15, 0.2) is 29.2 Å². The number of carbonyl (C=O) groups excluding carboxylic acids is 1. The Morgan fingerprint density at radius 2 is 2.00 bits per heavy atom. The number of hydrogen-bond acceptors (Lipinski definition) is 4. The fourth-order valence-corrected chi connectivity index (χ4v) is 3.75. The molecule has 110 valence electrons. The van der Waals surface area contributed by atoms with Crippen LogP contribution in [0.5, 0.6) is 0 Å². The van der Waals surface area contributed by atoms with Crippen molar-refractivity contribution < 1.29 is 9.53 Å². The van der Waals surface area contributed by atoms with Gasteiger partial charge in [0.05, 0.1) is 7.11 Å². The molecule has 0 aromatic heterocycles. The van der Waals surface area contributed by atoms with Crippen molar-refractivity contribution in [3.05, 3.63) is 24.3 Å². The molecule has 2 rings (SSSR count). The zero-order valence-electron chi connectivity index (χ0n) is 12.2. The van der Waals surface area contributed by atoms with Crippen LogP contribution < -0.4 is 5.32 Å². The summed E-state index contributed by atoms with van der Waals surface area (Å²) >= 11 is 1.98. The maximum absolute atomic E-state index is 11.6. The number of ether oxygens (including phenoxy) is 1. The second-order valence-corrected chi connectivity index (χ2v) is 6.55. The minimum Gasteiger partial charge on any atom is -0.467 e. The number of rotatable bonds is 6. The maximum Gasteiger partial charge on any atom is 0.328 e. The van der Waals surface area contributed by atoms with Gasteiger partial charge in [0.1, 0.15) is 6.04 Å². The van der Waals surface area contributed by atoms with Crippen LogP contribution in [0.3, 0.4) is 0 Å². The van der Waals surface area contributed by atoms with Crippen LogP contribution in [-0.4, -0.2) is 24.4 Å². The Kier molecular flexibility index (Phi) is 5.77. The molecule has 4 heteroatoms. The lowest BCUT2D eigenvalue weighted by Crippen LogP contribution is -2.29. The smallest absolute Gasteiger partial charge is 0.328 e. The lowest BCUT2D eigenvalue weighted by molar-refractivity contribution is -0.141. The molecule has 0 heterocycles. The van der Waals surface area contributed by atoms with Crippen molar-refractivity contribution in [1.29, 1.82) is 0 Å². The molecule has 1 aromatic rings. The molecule has 1 aromatic carbocycles. The van der Waals surface area contributed by atoms with E-state index >= 15 is 0 Å². The SMILES string of the molecule is CCC(Nc1ccc(SC2CCCC2)cc1)C(=O)OC. The van der Waals surface area contributed by atoms with Gasteiger partial charge in [0.2, 0.25) is 0 Å². The molecule has 0 amide bonds. The molecular weight excluding hydrogens is 270 g/mol. The standard InChI is InChI=1S/C16H23NO2S/c1-3-15(16(18)19-2)17-12-8-10-14(11-9-12)20-13-6-4-5-7-13/h8-11,13,15,17H,3-7H2,1-2H3. The summed E-state index contributed by atoms with van der Waals surface area (Å²) in [4.78, 5) is 12.9. The van der Waals surface area contributed by atoms with E-state index in [0.29, 0.717) is 6.42 Å². The third kappa shape index (κ3) is 4.17. The number of carbonyl (C=O) groups is 1. The highest BCUT2D eigenvalue weighted by Gasteiger charge is 2.17. The molecule has 1 atom stereocenters. The van der Waals surface area contributed by atoms with E-state index in [9.17, 15) is 4.79 Å². The Labute approximate surface area is 125 Å². The Balaban J connectivity index is 1.91. The molecule has 1 fully saturated rings. The van der Waals surface area contributed by atoms with Crippen molar-refractivity contribution in [2.75, 3.05) is 12.4 Å². The largest absolute Gasteiger partial charge is 0.467 e. The number of esters is 1. The number of methoxy groups -OCH3 is 1. The highest BCUT2D eigenvalue weighted by atomic mass is 32.2. The van der Waals surface area contributed by atoms with Gasteiger partial charge in [-0.25, -0.2) is 4.79 Å². The molecule has 3 nitrogen and oxygen atoms in total. The number of anilines is 1. The zero-order chi connectivity index (χ0) is 14.4. The molecule has 0 spiro atoms. The zero-order valence-corrected chi connectivity index (χ0v) is 13.0. The highest BCUT2D eigenvalue weighted by molar-refractivity contribution is 8.00. The van der Waals surface area contributed by atoms with Gasteiger partial charge >= 0.3 is 5.97 Å². The van der Waals surface area contributed by atoms with E-state index in [1.807, 2.05) is 30.8 Å². The third-order valence-corrected chi connectivity index (χ3v) is 5.04. The van der Waals surface area contributed by atoms with Gasteiger partial charge in [-0.3, -0.25) is 0 Å². The topological polar surface area (TPSA) is 38.3 Å². The molecule has 0 bridgehead atoms. The average Bonchev–Trinajstić information content (AvgIpc) is 2.98. The summed E-state index contributed by atoms with van der Waals surface area (Å²) in [6, 6.07) is 8.09. The first-order chi connectivity index (χ1) is 9.72. The van der Waals surface area contributed by atoms with Crippen LogP contribution >= 0.6 is 11.8 Å². The Morgan fingerprint density at radius 3 is 2.55 bits per heavy atom. The predicted molar refractivity (Wildman–Crippen MR) is 84.3 cm³/mol. The number of nitrogens with one attached hydrogen (secondary N) is 1. The molecular formula is C16H23NO2S. The van der Waals surface area contributed by atoms with Gasteiger partial charge in [-0.1, -0.05) is 19.8 Å². The van der Waals surface area contributed by atoms with Crippen LogP contribution in [0.2, 0.25) is 0 Å².